The lowest BCUT2D eigenvalue weighted by atomic mass is 9.91. The van der Waals surface area contributed by atoms with Crippen molar-refractivity contribution in [2.75, 3.05) is 5.73 Å². The van der Waals surface area contributed by atoms with Crippen molar-refractivity contribution in [1.82, 2.24) is 9.78 Å². The fourth-order valence-corrected chi connectivity index (χ4v) is 2.30. The summed E-state index contributed by atoms with van der Waals surface area (Å²) >= 11 is 6.27. The third-order valence-electron chi connectivity index (χ3n) is 3.01. The van der Waals surface area contributed by atoms with Crippen molar-refractivity contribution in [1.29, 1.82) is 0 Å². The first-order chi connectivity index (χ1) is 9.19. The molecule has 1 aromatic carbocycles. The first-order valence-corrected chi connectivity index (χ1v) is 6.86. The third kappa shape index (κ3) is 2.96. The van der Waals surface area contributed by atoms with Crippen LogP contribution >= 0.6 is 11.6 Å². The van der Waals surface area contributed by atoms with Gasteiger partial charge in [0, 0.05) is 0 Å². The highest BCUT2D eigenvalue weighted by Crippen LogP contribution is 2.31. The summed E-state index contributed by atoms with van der Waals surface area (Å²) in [7, 11) is 0. The van der Waals surface area contributed by atoms with Crippen molar-refractivity contribution < 1.29 is 4.39 Å². The predicted molar refractivity (Wildman–Crippen MR) is 80.8 cm³/mol. The Labute approximate surface area is 123 Å². The van der Waals surface area contributed by atoms with Gasteiger partial charge in [-0.25, -0.2) is 9.07 Å². The summed E-state index contributed by atoms with van der Waals surface area (Å²) in [5.74, 6) is 0.110. The minimum Gasteiger partial charge on any atom is -0.382 e. The number of aromatic nitrogens is 2. The van der Waals surface area contributed by atoms with Crippen molar-refractivity contribution in [3.8, 4) is 5.69 Å². The molecule has 0 unspecified atom stereocenters. The van der Waals surface area contributed by atoms with E-state index in [-0.39, 0.29) is 11.2 Å². The van der Waals surface area contributed by atoms with Crippen molar-refractivity contribution in [2.24, 2.45) is 5.41 Å². The summed E-state index contributed by atoms with van der Waals surface area (Å²) in [6.45, 7) is 8.15. The van der Waals surface area contributed by atoms with Gasteiger partial charge in [0.05, 0.1) is 11.4 Å². The monoisotopic (exact) mass is 295 g/mol. The van der Waals surface area contributed by atoms with E-state index >= 15 is 0 Å². The molecule has 1 heterocycles. The highest BCUT2D eigenvalue weighted by molar-refractivity contribution is 6.33. The van der Waals surface area contributed by atoms with Crippen LogP contribution in [0.4, 0.5) is 10.2 Å². The Kier molecular flexibility index (Phi) is 3.78. The van der Waals surface area contributed by atoms with E-state index in [1.807, 2.05) is 6.92 Å². The fourth-order valence-electron chi connectivity index (χ4n) is 2.11. The summed E-state index contributed by atoms with van der Waals surface area (Å²) in [5.41, 5.74) is 8.37. The molecule has 1 aromatic heterocycles. The lowest BCUT2D eigenvalue weighted by molar-refractivity contribution is 0.405. The van der Waals surface area contributed by atoms with Crippen molar-refractivity contribution >= 4 is 17.4 Å². The Morgan fingerprint density at radius 1 is 1.35 bits per heavy atom. The molecule has 0 aliphatic rings. The summed E-state index contributed by atoms with van der Waals surface area (Å²) in [4.78, 5) is 0. The van der Waals surface area contributed by atoms with Gasteiger partial charge in [-0.15, -0.1) is 0 Å². The van der Waals surface area contributed by atoms with Crippen molar-refractivity contribution in [3.05, 3.63) is 40.3 Å². The molecule has 2 aromatic rings. The molecule has 0 fully saturated rings. The number of nitrogen functional groups attached to an aromatic ring is 1. The molecule has 108 valence electrons. The minimum absolute atomic E-state index is 0.0626. The average molecular weight is 296 g/mol. The number of nitrogens with zero attached hydrogens (tertiary/aromatic N) is 2. The number of hydrogen-bond donors (Lipinski definition) is 1. The Hall–Kier alpha value is -1.55. The number of aryl methyl sites for hydroxylation is 1. The van der Waals surface area contributed by atoms with Gasteiger partial charge in [0.1, 0.15) is 16.7 Å². The molecule has 2 rings (SSSR count). The smallest absolute Gasteiger partial charge is 0.146 e. The SMILES string of the molecule is Cc1cc(F)ccc1-n1nc(CC(C)(C)C)c(Cl)c1N. The van der Waals surface area contributed by atoms with E-state index in [2.05, 4.69) is 25.9 Å². The zero-order valence-corrected chi connectivity index (χ0v) is 12.9. The Bertz CT molecular complexity index is 641. The molecule has 0 bridgehead atoms. The maximum Gasteiger partial charge on any atom is 0.146 e. The fraction of sp³-hybridized carbons (Fsp3) is 0.400. The molecule has 0 saturated carbocycles. The number of nitrogens with two attached hydrogens (primary N) is 1. The summed E-state index contributed by atoms with van der Waals surface area (Å²) < 4.78 is 14.8. The normalized spacial score (nSPS) is 11.9. The van der Waals surface area contributed by atoms with E-state index < -0.39 is 0 Å². The Morgan fingerprint density at radius 2 is 2.00 bits per heavy atom. The van der Waals surface area contributed by atoms with E-state index in [0.29, 0.717) is 10.8 Å². The summed E-state index contributed by atoms with van der Waals surface area (Å²) in [6.07, 6.45) is 0.725. The van der Waals surface area contributed by atoms with Crippen LogP contribution in [0, 0.1) is 18.2 Å². The van der Waals surface area contributed by atoms with Gasteiger partial charge in [-0.2, -0.15) is 5.10 Å². The lowest BCUT2D eigenvalue weighted by Crippen LogP contribution is -2.10. The van der Waals surface area contributed by atoms with Crippen molar-refractivity contribution in [2.45, 2.75) is 34.1 Å². The third-order valence-corrected chi connectivity index (χ3v) is 3.42. The molecule has 5 heteroatoms. The van der Waals surface area contributed by atoms with E-state index in [4.69, 9.17) is 17.3 Å². The van der Waals surface area contributed by atoms with Gasteiger partial charge in [0.25, 0.3) is 0 Å². The first-order valence-electron chi connectivity index (χ1n) is 6.48. The van der Waals surface area contributed by atoms with E-state index in [1.54, 1.807) is 10.7 Å². The number of anilines is 1. The molecular formula is C15H19ClFN3. The van der Waals surface area contributed by atoms with E-state index in [0.717, 1.165) is 23.4 Å². The second kappa shape index (κ2) is 5.09. The van der Waals surface area contributed by atoms with Crippen LogP contribution in [0.25, 0.3) is 5.69 Å². The highest BCUT2D eigenvalue weighted by Gasteiger charge is 2.21. The van der Waals surface area contributed by atoms with Gasteiger partial charge >= 0.3 is 0 Å². The molecule has 0 amide bonds. The zero-order chi connectivity index (χ0) is 15.1. The van der Waals surface area contributed by atoms with Crippen LogP contribution in [-0.4, -0.2) is 9.78 Å². The topological polar surface area (TPSA) is 43.8 Å². The molecule has 2 N–H and O–H groups in total. The van der Waals surface area contributed by atoms with Gasteiger partial charge in [-0.1, -0.05) is 32.4 Å². The highest BCUT2D eigenvalue weighted by atomic mass is 35.5. The van der Waals surface area contributed by atoms with E-state index in [1.165, 1.54) is 12.1 Å². The van der Waals surface area contributed by atoms with Gasteiger partial charge in [-0.05, 0) is 42.5 Å². The molecule has 20 heavy (non-hydrogen) atoms. The van der Waals surface area contributed by atoms with Crippen LogP contribution in [-0.2, 0) is 6.42 Å². The summed E-state index contributed by atoms with van der Waals surface area (Å²) in [6, 6.07) is 4.50. The number of rotatable bonds is 2. The second-order valence-corrected chi connectivity index (χ2v) is 6.60. The van der Waals surface area contributed by atoms with Crippen LogP contribution in [0.1, 0.15) is 32.0 Å². The van der Waals surface area contributed by atoms with Gasteiger partial charge < -0.3 is 5.73 Å². The molecule has 0 aliphatic carbocycles. The second-order valence-electron chi connectivity index (χ2n) is 6.23. The Balaban J connectivity index is 2.50. The molecular weight excluding hydrogens is 277 g/mol. The van der Waals surface area contributed by atoms with Crippen LogP contribution < -0.4 is 5.73 Å². The maximum absolute atomic E-state index is 13.2. The van der Waals surface area contributed by atoms with Crippen LogP contribution in [0.5, 0.6) is 0 Å². The van der Waals surface area contributed by atoms with Gasteiger partial charge in [-0.3, -0.25) is 0 Å². The minimum atomic E-state index is -0.280. The van der Waals surface area contributed by atoms with Crippen LogP contribution in [0.2, 0.25) is 5.02 Å². The predicted octanol–water partition coefficient (Wildman–Crippen LogP) is 4.14. The quantitative estimate of drug-likeness (QED) is 0.904. The van der Waals surface area contributed by atoms with Gasteiger partial charge in [0.15, 0.2) is 0 Å². The maximum atomic E-state index is 13.2. The van der Waals surface area contributed by atoms with Gasteiger partial charge in [0.2, 0.25) is 0 Å². The lowest BCUT2D eigenvalue weighted by Gasteiger charge is -2.16. The number of benzene rings is 1. The molecule has 0 aliphatic heterocycles. The molecule has 0 radical (unpaired) electrons. The number of halogens is 2. The van der Waals surface area contributed by atoms with Crippen LogP contribution in [0.3, 0.4) is 0 Å². The van der Waals surface area contributed by atoms with Crippen LogP contribution in [0.15, 0.2) is 18.2 Å². The molecule has 3 nitrogen and oxygen atoms in total. The van der Waals surface area contributed by atoms with Crippen molar-refractivity contribution in [3.63, 3.8) is 0 Å². The largest absolute Gasteiger partial charge is 0.382 e. The molecule has 0 atom stereocenters. The zero-order valence-electron chi connectivity index (χ0n) is 12.2. The standard InChI is InChI=1S/C15H19ClFN3/c1-9-7-10(17)5-6-12(9)20-14(18)13(16)11(19-20)8-15(2,3)4/h5-7H,8,18H2,1-4H3. The number of hydrogen-bond acceptors (Lipinski definition) is 2. The Morgan fingerprint density at radius 3 is 2.55 bits per heavy atom. The average Bonchev–Trinajstić information content (AvgIpc) is 2.56. The molecule has 0 saturated heterocycles. The molecule has 0 spiro atoms. The first kappa shape index (κ1) is 14.9. The van der Waals surface area contributed by atoms with E-state index in [9.17, 15) is 4.39 Å². The summed E-state index contributed by atoms with van der Waals surface area (Å²) in [5, 5.41) is 4.97.